The van der Waals surface area contributed by atoms with Gasteiger partial charge in [0, 0.05) is 6.07 Å². The summed E-state index contributed by atoms with van der Waals surface area (Å²) >= 11 is 0. The van der Waals surface area contributed by atoms with Gasteiger partial charge in [-0.05, 0) is 37.2 Å². The standard InChI is InChI=1S/C13H20N2O/c1-9-3-5-12(7-10(9)2)16-13-6-4-11(14)8-15-13/h4,6,8-10,12H,3,5,7,14H2,1-2H3. The minimum Gasteiger partial charge on any atom is -0.474 e. The van der Waals surface area contributed by atoms with Crippen molar-refractivity contribution >= 4 is 5.69 Å². The van der Waals surface area contributed by atoms with Crippen LogP contribution in [-0.2, 0) is 0 Å². The molecule has 1 saturated carbocycles. The Morgan fingerprint density at radius 3 is 2.69 bits per heavy atom. The van der Waals surface area contributed by atoms with Gasteiger partial charge in [-0.3, -0.25) is 0 Å². The summed E-state index contributed by atoms with van der Waals surface area (Å²) < 4.78 is 5.86. The lowest BCUT2D eigenvalue weighted by molar-refractivity contribution is 0.0965. The molecule has 1 heterocycles. The predicted molar refractivity (Wildman–Crippen MR) is 65.2 cm³/mol. The highest BCUT2D eigenvalue weighted by Crippen LogP contribution is 2.31. The molecule has 3 nitrogen and oxygen atoms in total. The van der Waals surface area contributed by atoms with Crippen molar-refractivity contribution in [1.29, 1.82) is 0 Å². The van der Waals surface area contributed by atoms with E-state index in [1.165, 1.54) is 6.42 Å². The van der Waals surface area contributed by atoms with Crippen LogP contribution in [0.25, 0.3) is 0 Å². The molecule has 0 aromatic carbocycles. The minimum atomic E-state index is 0.322. The molecule has 3 heteroatoms. The number of anilines is 1. The Balaban J connectivity index is 1.93. The topological polar surface area (TPSA) is 48.1 Å². The van der Waals surface area contributed by atoms with Crippen LogP contribution in [0.3, 0.4) is 0 Å². The highest BCUT2D eigenvalue weighted by Gasteiger charge is 2.25. The molecule has 1 aliphatic rings. The maximum atomic E-state index is 5.86. The summed E-state index contributed by atoms with van der Waals surface area (Å²) in [6.07, 6.45) is 5.48. The van der Waals surface area contributed by atoms with E-state index in [1.807, 2.05) is 12.1 Å². The summed E-state index contributed by atoms with van der Waals surface area (Å²) in [6, 6.07) is 3.68. The molecule has 3 unspecified atom stereocenters. The van der Waals surface area contributed by atoms with Crippen molar-refractivity contribution in [2.75, 3.05) is 5.73 Å². The number of pyridine rings is 1. The molecule has 0 amide bonds. The van der Waals surface area contributed by atoms with Gasteiger partial charge in [0.1, 0.15) is 6.10 Å². The monoisotopic (exact) mass is 220 g/mol. The van der Waals surface area contributed by atoms with E-state index in [9.17, 15) is 0 Å². The van der Waals surface area contributed by atoms with E-state index in [0.717, 1.165) is 24.7 Å². The van der Waals surface area contributed by atoms with Crippen LogP contribution in [0, 0.1) is 11.8 Å². The number of nitrogens with zero attached hydrogens (tertiary/aromatic N) is 1. The van der Waals surface area contributed by atoms with E-state index >= 15 is 0 Å². The van der Waals surface area contributed by atoms with Gasteiger partial charge >= 0.3 is 0 Å². The molecule has 1 aromatic rings. The first-order valence-corrected chi connectivity index (χ1v) is 6.03. The maximum absolute atomic E-state index is 5.86. The van der Waals surface area contributed by atoms with E-state index in [-0.39, 0.29) is 0 Å². The van der Waals surface area contributed by atoms with Crippen molar-refractivity contribution in [2.24, 2.45) is 11.8 Å². The summed E-state index contributed by atoms with van der Waals surface area (Å²) in [5.74, 6) is 2.26. The van der Waals surface area contributed by atoms with E-state index < -0.39 is 0 Å². The van der Waals surface area contributed by atoms with Gasteiger partial charge in [-0.15, -0.1) is 0 Å². The third-order valence-electron chi connectivity index (χ3n) is 3.60. The van der Waals surface area contributed by atoms with Crippen LogP contribution in [0.2, 0.25) is 0 Å². The van der Waals surface area contributed by atoms with Gasteiger partial charge in [-0.25, -0.2) is 4.98 Å². The molecule has 1 fully saturated rings. The number of aromatic nitrogens is 1. The summed E-state index contributed by atoms with van der Waals surface area (Å²) in [6.45, 7) is 4.62. The molecule has 0 radical (unpaired) electrons. The Hall–Kier alpha value is -1.25. The van der Waals surface area contributed by atoms with Gasteiger partial charge in [0.05, 0.1) is 11.9 Å². The molecule has 1 aromatic heterocycles. The average Bonchev–Trinajstić information content (AvgIpc) is 2.27. The van der Waals surface area contributed by atoms with Gasteiger partial charge < -0.3 is 10.5 Å². The highest BCUT2D eigenvalue weighted by atomic mass is 16.5. The summed E-state index contributed by atoms with van der Waals surface area (Å²) in [5, 5.41) is 0. The van der Waals surface area contributed by atoms with Crippen molar-refractivity contribution < 1.29 is 4.74 Å². The number of hydrogen-bond donors (Lipinski definition) is 1. The van der Waals surface area contributed by atoms with Crippen LogP contribution >= 0.6 is 0 Å². The normalized spacial score (nSPS) is 30.0. The smallest absolute Gasteiger partial charge is 0.213 e. The van der Waals surface area contributed by atoms with Crippen LogP contribution in [0.5, 0.6) is 5.88 Å². The molecule has 0 aliphatic heterocycles. The second kappa shape index (κ2) is 4.73. The van der Waals surface area contributed by atoms with Gasteiger partial charge in [0.2, 0.25) is 5.88 Å². The third kappa shape index (κ3) is 2.65. The molecular weight excluding hydrogens is 200 g/mol. The molecule has 0 spiro atoms. The van der Waals surface area contributed by atoms with Crippen molar-refractivity contribution in [1.82, 2.24) is 4.98 Å². The number of nitrogens with two attached hydrogens (primary N) is 1. The first-order valence-electron chi connectivity index (χ1n) is 6.03. The summed E-state index contributed by atoms with van der Waals surface area (Å²) in [5.41, 5.74) is 6.26. The highest BCUT2D eigenvalue weighted by molar-refractivity contribution is 5.35. The number of nitrogen functional groups attached to an aromatic ring is 1. The van der Waals surface area contributed by atoms with E-state index in [4.69, 9.17) is 10.5 Å². The van der Waals surface area contributed by atoms with E-state index in [0.29, 0.717) is 17.7 Å². The lowest BCUT2D eigenvalue weighted by atomic mass is 9.80. The molecule has 1 aliphatic carbocycles. The lowest BCUT2D eigenvalue weighted by Gasteiger charge is -2.31. The molecule has 88 valence electrons. The van der Waals surface area contributed by atoms with Crippen LogP contribution in [0.15, 0.2) is 18.3 Å². The maximum Gasteiger partial charge on any atom is 0.213 e. The molecule has 0 saturated heterocycles. The van der Waals surface area contributed by atoms with Gasteiger partial charge in [0.15, 0.2) is 0 Å². The molecular formula is C13H20N2O. The van der Waals surface area contributed by atoms with E-state index in [2.05, 4.69) is 18.8 Å². The predicted octanol–water partition coefficient (Wildman–Crippen LogP) is 2.87. The minimum absolute atomic E-state index is 0.322. The molecule has 2 N–H and O–H groups in total. The summed E-state index contributed by atoms with van der Waals surface area (Å²) in [7, 11) is 0. The third-order valence-corrected chi connectivity index (χ3v) is 3.60. The van der Waals surface area contributed by atoms with Crippen LogP contribution in [0.1, 0.15) is 33.1 Å². The zero-order valence-electron chi connectivity index (χ0n) is 10.0. The van der Waals surface area contributed by atoms with Crippen molar-refractivity contribution in [3.63, 3.8) is 0 Å². The van der Waals surface area contributed by atoms with Crippen LogP contribution in [0.4, 0.5) is 5.69 Å². The zero-order valence-corrected chi connectivity index (χ0v) is 10.0. The fourth-order valence-corrected chi connectivity index (χ4v) is 2.24. The summed E-state index contributed by atoms with van der Waals surface area (Å²) in [4.78, 5) is 4.17. The Morgan fingerprint density at radius 1 is 1.25 bits per heavy atom. The SMILES string of the molecule is CC1CCC(Oc2ccc(N)cn2)CC1C. The van der Waals surface area contributed by atoms with Crippen LogP contribution in [-0.4, -0.2) is 11.1 Å². The van der Waals surface area contributed by atoms with Crippen LogP contribution < -0.4 is 10.5 Å². The molecule has 0 bridgehead atoms. The Bertz CT molecular complexity index is 336. The quantitative estimate of drug-likeness (QED) is 0.833. The Labute approximate surface area is 97.0 Å². The lowest BCUT2D eigenvalue weighted by Crippen LogP contribution is -2.28. The Morgan fingerprint density at radius 2 is 2.06 bits per heavy atom. The van der Waals surface area contributed by atoms with Crippen molar-refractivity contribution in [2.45, 2.75) is 39.2 Å². The molecule has 2 rings (SSSR count). The van der Waals surface area contributed by atoms with Gasteiger partial charge in [0.25, 0.3) is 0 Å². The first kappa shape index (κ1) is 11.2. The first-order chi connectivity index (χ1) is 7.65. The van der Waals surface area contributed by atoms with Gasteiger partial charge in [-0.2, -0.15) is 0 Å². The second-order valence-electron chi connectivity index (χ2n) is 4.94. The van der Waals surface area contributed by atoms with Crippen molar-refractivity contribution in [3.05, 3.63) is 18.3 Å². The zero-order chi connectivity index (χ0) is 11.5. The number of hydrogen-bond acceptors (Lipinski definition) is 3. The Kier molecular flexibility index (Phi) is 3.32. The molecule has 16 heavy (non-hydrogen) atoms. The van der Waals surface area contributed by atoms with E-state index in [1.54, 1.807) is 6.20 Å². The number of ether oxygens (including phenoxy) is 1. The molecule has 3 atom stereocenters. The van der Waals surface area contributed by atoms with Crippen molar-refractivity contribution in [3.8, 4) is 5.88 Å². The fraction of sp³-hybridized carbons (Fsp3) is 0.615. The fourth-order valence-electron chi connectivity index (χ4n) is 2.24. The second-order valence-corrected chi connectivity index (χ2v) is 4.94. The largest absolute Gasteiger partial charge is 0.474 e. The van der Waals surface area contributed by atoms with Gasteiger partial charge in [-0.1, -0.05) is 13.8 Å². The number of rotatable bonds is 2. The average molecular weight is 220 g/mol.